The van der Waals surface area contributed by atoms with Gasteiger partial charge in [-0.05, 0) is 0 Å². The Morgan fingerprint density at radius 3 is 1.70 bits per heavy atom. The van der Waals surface area contributed by atoms with E-state index in [9.17, 15) is 0 Å². The molecule has 0 aliphatic carbocycles. The predicted molar refractivity (Wildman–Crippen MR) is 43.6 cm³/mol. The molecule has 55 valence electrons. The van der Waals surface area contributed by atoms with Crippen LogP contribution in [0.25, 0.3) is 0 Å². The van der Waals surface area contributed by atoms with E-state index in [1.54, 1.807) is 6.08 Å². The molecular weight excluding hydrogens is 231 g/mol. The van der Waals surface area contributed by atoms with Crippen LogP contribution in [-0.2, 0) is 3.07 Å². The maximum absolute atomic E-state index is 5.47. The molecule has 0 aromatic rings. The molecule has 2 heteroatoms. The zero-order valence-electron chi connectivity index (χ0n) is 7.06. The van der Waals surface area contributed by atoms with Crippen LogP contribution < -0.4 is 0 Å². The molecule has 10 heavy (non-hydrogen) atoms. The second-order valence-corrected chi connectivity index (χ2v) is 4.21. The van der Waals surface area contributed by atoms with Gasteiger partial charge in [-0.25, -0.2) is 0 Å². The van der Waals surface area contributed by atoms with Crippen molar-refractivity contribution in [3.05, 3.63) is 12.7 Å². The first-order valence-corrected chi connectivity index (χ1v) is 4.45. The van der Waals surface area contributed by atoms with Crippen LogP contribution in [0, 0.1) is 12.0 Å². The Balaban J connectivity index is 4.48. The second kappa shape index (κ2) is 3.20. The summed E-state index contributed by atoms with van der Waals surface area (Å²) in [5.74, 6) is 0. The van der Waals surface area contributed by atoms with E-state index in [4.69, 9.17) is 9.65 Å². The summed E-state index contributed by atoms with van der Waals surface area (Å²) in [6.07, 6.45) is 1.63. The van der Waals surface area contributed by atoms with Crippen LogP contribution in [0.4, 0.5) is 0 Å². The molecule has 1 unspecified atom stereocenters. The van der Waals surface area contributed by atoms with Gasteiger partial charge in [-0.15, -0.1) is 0 Å². The summed E-state index contributed by atoms with van der Waals surface area (Å²) in [5.41, 5.74) is -0.212. The van der Waals surface area contributed by atoms with Gasteiger partial charge >= 0.3 is 77.4 Å². The van der Waals surface area contributed by atoms with E-state index in [1.165, 1.54) is 0 Å². The minimum absolute atomic E-state index is 0.0746. The molecule has 0 bridgehead atoms. The zero-order valence-corrected chi connectivity index (χ0v) is 9.92. The van der Waals surface area contributed by atoms with Crippen molar-refractivity contribution in [2.24, 2.45) is 5.41 Å². The van der Waals surface area contributed by atoms with Crippen LogP contribution in [0.3, 0.4) is 0 Å². The van der Waals surface area contributed by atoms with Crippen molar-refractivity contribution in [3.8, 4) is 0 Å². The molecule has 0 N–H and O–H groups in total. The van der Waals surface area contributed by atoms with Crippen LogP contribution in [0.15, 0.2) is 6.08 Å². The zero-order chi connectivity index (χ0) is 8.41. The molecule has 0 fully saturated rings. The topological polar surface area (TPSA) is 9.23 Å². The van der Waals surface area contributed by atoms with E-state index in [2.05, 4.69) is 20.8 Å². The van der Waals surface area contributed by atoms with Gasteiger partial charge in [0, 0.05) is 0 Å². The fraction of sp³-hybridized carbons (Fsp3) is 0.750. The molecule has 3 radical (unpaired) electrons. The molecular formula is C8H14OSn+. The molecule has 0 aliphatic rings. The molecule has 0 aromatic heterocycles. The first-order valence-electron chi connectivity index (χ1n) is 3.28. The van der Waals surface area contributed by atoms with Crippen LogP contribution in [0.1, 0.15) is 27.7 Å². The Morgan fingerprint density at radius 1 is 1.30 bits per heavy atom. The molecule has 0 saturated heterocycles. The predicted octanol–water partition coefficient (Wildman–Crippen LogP) is 1.88. The van der Waals surface area contributed by atoms with Crippen molar-refractivity contribution in [3.63, 3.8) is 0 Å². The molecule has 0 aromatic carbocycles. The monoisotopic (exact) mass is 246 g/mol. The van der Waals surface area contributed by atoms with Crippen molar-refractivity contribution < 1.29 is 3.07 Å². The standard InChI is InChI=1S/C8H14O.Sn/c1-6-8(5,9)7(2,3)4;/h1,6H,2-5H3;/q;+1. The Labute approximate surface area is 77.5 Å². The summed E-state index contributed by atoms with van der Waals surface area (Å²) >= 11 is 1.06. The fourth-order valence-corrected chi connectivity index (χ4v) is 1.51. The summed E-state index contributed by atoms with van der Waals surface area (Å²) in [6, 6.07) is 0. The van der Waals surface area contributed by atoms with Crippen molar-refractivity contribution in [1.82, 2.24) is 0 Å². The van der Waals surface area contributed by atoms with Gasteiger partial charge in [0.05, 0.1) is 0 Å². The first kappa shape index (κ1) is 10.4. The Morgan fingerprint density at radius 2 is 1.70 bits per heavy atom. The first-order chi connectivity index (χ1) is 4.37. The van der Waals surface area contributed by atoms with Gasteiger partial charge in [0.25, 0.3) is 0 Å². The molecule has 0 heterocycles. The molecule has 0 amide bonds. The second-order valence-electron chi connectivity index (χ2n) is 3.63. The van der Waals surface area contributed by atoms with Gasteiger partial charge in [-0.2, -0.15) is 0 Å². The van der Waals surface area contributed by atoms with E-state index in [0.29, 0.717) is 0 Å². The third-order valence-electron chi connectivity index (χ3n) is 2.02. The third kappa shape index (κ3) is 1.94. The summed E-state index contributed by atoms with van der Waals surface area (Å²) in [6.45, 7) is 13.8. The number of hydrogen-bond donors (Lipinski definition) is 0. The Kier molecular flexibility index (Phi) is 3.34. The average molecular weight is 245 g/mol. The van der Waals surface area contributed by atoms with Crippen LogP contribution in [0.2, 0.25) is 0 Å². The van der Waals surface area contributed by atoms with Crippen LogP contribution in [-0.4, -0.2) is 28.5 Å². The summed E-state index contributed by atoms with van der Waals surface area (Å²) in [7, 11) is 0. The van der Waals surface area contributed by atoms with Crippen molar-refractivity contribution in [2.75, 3.05) is 0 Å². The molecule has 0 spiro atoms. The van der Waals surface area contributed by atoms with E-state index < -0.39 is 0 Å². The van der Waals surface area contributed by atoms with Gasteiger partial charge in [-0.3, -0.25) is 0 Å². The summed E-state index contributed by atoms with van der Waals surface area (Å²) in [4.78, 5) is 0. The summed E-state index contributed by atoms with van der Waals surface area (Å²) in [5, 5.41) is 0. The molecule has 0 aliphatic heterocycles. The van der Waals surface area contributed by atoms with Crippen molar-refractivity contribution >= 4 is 22.9 Å². The third-order valence-corrected chi connectivity index (χ3v) is 3.23. The van der Waals surface area contributed by atoms with Crippen molar-refractivity contribution in [2.45, 2.75) is 33.3 Å². The van der Waals surface area contributed by atoms with Gasteiger partial charge < -0.3 is 0 Å². The number of rotatable bonds is 2. The average Bonchev–Trinajstić information content (AvgIpc) is 1.84. The molecule has 0 rings (SSSR count). The Bertz CT molecular complexity index is 126. The van der Waals surface area contributed by atoms with Gasteiger partial charge in [0.1, 0.15) is 0 Å². The normalized spacial score (nSPS) is 18.0. The summed E-state index contributed by atoms with van der Waals surface area (Å²) < 4.78 is 5.36. The Hall–Kier alpha value is 0.409. The van der Waals surface area contributed by atoms with Gasteiger partial charge in [0.15, 0.2) is 0 Å². The minimum atomic E-state index is -0.286. The van der Waals surface area contributed by atoms with E-state index in [-0.39, 0.29) is 11.0 Å². The fourth-order valence-electron chi connectivity index (χ4n) is 0.437. The molecule has 1 nitrogen and oxygen atoms in total. The van der Waals surface area contributed by atoms with Gasteiger partial charge in [-0.1, -0.05) is 0 Å². The van der Waals surface area contributed by atoms with Crippen molar-refractivity contribution in [1.29, 1.82) is 0 Å². The maximum atomic E-state index is 5.47. The van der Waals surface area contributed by atoms with Crippen LogP contribution >= 0.6 is 0 Å². The SMILES string of the molecule is [CH+]=CC(C)([O][Sn])C(C)(C)C. The van der Waals surface area contributed by atoms with E-state index in [1.807, 2.05) is 6.92 Å². The van der Waals surface area contributed by atoms with Gasteiger partial charge in [0.2, 0.25) is 0 Å². The number of hydrogen-bond acceptors (Lipinski definition) is 1. The van der Waals surface area contributed by atoms with E-state index in [0.717, 1.165) is 22.9 Å². The van der Waals surface area contributed by atoms with Crippen LogP contribution in [0.5, 0.6) is 0 Å². The molecule has 1 atom stereocenters. The van der Waals surface area contributed by atoms with E-state index >= 15 is 0 Å². The molecule has 0 saturated carbocycles. The quantitative estimate of drug-likeness (QED) is 0.533.